The number of piperidine rings is 1. The van der Waals surface area contributed by atoms with E-state index in [2.05, 4.69) is 39.4 Å². The van der Waals surface area contributed by atoms with E-state index >= 15 is 0 Å². The van der Waals surface area contributed by atoms with Crippen LogP contribution in [0.25, 0.3) is 21.0 Å². The smallest absolute Gasteiger partial charge is 0.257 e. The average Bonchev–Trinajstić information content (AvgIpc) is 3.42. The van der Waals surface area contributed by atoms with Gasteiger partial charge < -0.3 is 4.42 Å². The first kappa shape index (κ1) is 16.1. The van der Waals surface area contributed by atoms with E-state index in [-0.39, 0.29) is 0 Å². The van der Waals surface area contributed by atoms with E-state index in [1.165, 1.54) is 9.71 Å². The fourth-order valence-corrected chi connectivity index (χ4v) is 5.19. The topological polar surface area (TPSA) is 55.1 Å². The first-order chi connectivity index (χ1) is 12.8. The molecule has 5 nitrogen and oxygen atoms in total. The maximum Gasteiger partial charge on any atom is 0.257 e. The van der Waals surface area contributed by atoms with Crippen molar-refractivity contribution >= 4 is 32.9 Å². The minimum atomic E-state index is 0.563. The largest absolute Gasteiger partial charge is 0.419 e. The third-order valence-electron chi connectivity index (χ3n) is 4.80. The minimum Gasteiger partial charge on any atom is -0.419 e. The van der Waals surface area contributed by atoms with Crippen molar-refractivity contribution in [1.29, 1.82) is 0 Å². The lowest BCUT2D eigenvalue weighted by atomic mass is 9.97. The summed E-state index contributed by atoms with van der Waals surface area (Å²) in [7, 11) is 0. The number of likely N-dealkylation sites (tertiary alicyclic amines) is 1. The molecule has 4 aromatic rings. The number of fused-ring (bicyclic) bond motifs is 1. The molecule has 7 heteroatoms. The first-order valence-electron chi connectivity index (χ1n) is 8.79. The highest BCUT2D eigenvalue weighted by Gasteiger charge is 2.24. The molecule has 3 aromatic heterocycles. The predicted molar refractivity (Wildman–Crippen MR) is 104 cm³/mol. The number of hydrogen-bond donors (Lipinski definition) is 0. The van der Waals surface area contributed by atoms with Gasteiger partial charge >= 0.3 is 0 Å². The van der Waals surface area contributed by atoms with Crippen LogP contribution in [0.1, 0.15) is 29.7 Å². The van der Waals surface area contributed by atoms with Gasteiger partial charge in [-0.1, -0.05) is 18.2 Å². The number of thiophene rings is 1. The lowest BCUT2D eigenvalue weighted by molar-refractivity contribution is 0.188. The normalized spacial score (nSPS) is 16.5. The zero-order valence-corrected chi connectivity index (χ0v) is 15.8. The van der Waals surface area contributed by atoms with Gasteiger partial charge in [-0.15, -0.1) is 32.9 Å². The standard InChI is InChI=1S/C19H18N4OS2/c1-2-5-15-14(4-1)20-19(26-15)13-7-9-23(10-8-13)12-17-21-22-18(24-17)16-6-3-11-25-16/h1-6,11,13H,7-10,12H2. The van der Waals surface area contributed by atoms with Crippen molar-refractivity contribution in [3.05, 3.63) is 52.7 Å². The van der Waals surface area contributed by atoms with Gasteiger partial charge in [0.25, 0.3) is 5.89 Å². The van der Waals surface area contributed by atoms with Gasteiger partial charge in [0.2, 0.25) is 5.89 Å². The van der Waals surface area contributed by atoms with Crippen LogP contribution < -0.4 is 0 Å². The monoisotopic (exact) mass is 382 g/mol. The summed E-state index contributed by atoms with van der Waals surface area (Å²) in [5.41, 5.74) is 1.13. The highest BCUT2D eigenvalue weighted by Crippen LogP contribution is 2.34. The van der Waals surface area contributed by atoms with Gasteiger partial charge in [0.15, 0.2) is 0 Å². The van der Waals surface area contributed by atoms with Gasteiger partial charge in [-0.2, -0.15) is 0 Å². The Morgan fingerprint density at radius 2 is 1.96 bits per heavy atom. The Balaban J connectivity index is 1.22. The summed E-state index contributed by atoms with van der Waals surface area (Å²) in [5.74, 6) is 1.89. The molecule has 0 amide bonds. The second-order valence-electron chi connectivity index (χ2n) is 6.55. The molecule has 0 saturated carbocycles. The molecule has 0 bridgehead atoms. The lowest BCUT2D eigenvalue weighted by Crippen LogP contribution is -2.32. The second-order valence-corrected chi connectivity index (χ2v) is 8.56. The third kappa shape index (κ3) is 3.18. The number of thiazole rings is 1. The molecule has 26 heavy (non-hydrogen) atoms. The van der Waals surface area contributed by atoms with Crippen molar-refractivity contribution in [3.8, 4) is 10.8 Å². The molecule has 1 aliphatic heterocycles. The van der Waals surface area contributed by atoms with E-state index in [0.717, 1.165) is 42.9 Å². The van der Waals surface area contributed by atoms with Crippen LogP contribution in [0.2, 0.25) is 0 Å². The summed E-state index contributed by atoms with van der Waals surface area (Å²) in [6.07, 6.45) is 2.26. The second kappa shape index (κ2) is 6.90. The van der Waals surface area contributed by atoms with Crippen molar-refractivity contribution < 1.29 is 4.42 Å². The molecular weight excluding hydrogens is 364 g/mol. The van der Waals surface area contributed by atoms with Crippen LogP contribution in [0.3, 0.4) is 0 Å². The SMILES string of the molecule is c1csc(-c2nnc(CN3CCC(c4nc5ccccc5s4)CC3)o2)c1. The summed E-state index contributed by atoms with van der Waals surface area (Å²) in [6.45, 7) is 2.81. The van der Waals surface area contributed by atoms with Crippen molar-refractivity contribution in [2.75, 3.05) is 13.1 Å². The van der Waals surface area contributed by atoms with Crippen LogP contribution in [0.4, 0.5) is 0 Å². The van der Waals surface area contributed by atoms with E-state index in [9.17, 15) is 0 Å². The number of rotatable bonds is 4. The number of para-hydroxylation sites is 1. The van der Waals surface area contributed by atoms with E-state index in [1.54, 1.807) is 11.3 Å². The molecule has 5 rings (SSSR count). The third-order valence-corrected chi connectivity index (χ3v) is 6.86. The van der Waals surface area contributed by atoms with Crippen molar-refractivity contribution in [2.45, 2.75) is 25.3 Å². The number of hydrogen-bond acceptors (Lipinski definition) is 7. The fraction of sp³-hybridized carbons (Fsp3) is 0.316. The molecule has 0 radical (unpaired) electrons. The molecule has 1 aromatic carbocycles. The van der Waals surface area contributed by atoms with E-state index in [1.807, 2.05) is 28.8 Å². The number of nitrogens with zero attached hydrogens (tertiary/aromatic N) is 4. The molecular formula is C19H18N4OS2. The van der Waals surface area contributed by atoms with Crippen LogP contribution in [-0.2, 0) is 6.54 Å². The Morgan fingerprint density at radius 3 is 2.77 bits per heavy atom. The molecule has 0 atom stereocenters. The van der Waals surface area contributed by atoms with Gasteiger partial charge in [-0.3, -0.25) is 4.90 Å². The van der Waals surface area contributed by atoms with E-state index in [0.29, 0.717) is 17.7 Å². The number of benzene rings is 1. The summed E-state index contributed by atoms with van der Waals surface area (Å²) in [6, 6.07) is 12.4. The van der Waals surface area contributed by atoms with Crippen molar-refractivity contribution in [1.82, 2.24) is 20.1 Å². The highest BCUT2D eigenvalue weighted by molar-refractivity contribution is 7.18. The molecule has 132 valence electrons. The molecule has 4 heterocycles. The maximum atomic E-state index is 5.82. The van der Waals surface area contributed by atoms with E-state index in [4.69, 9.17) is 9.40 Å². The van der Waals surface area contributed by atoms with Crippen LogP contribution in [0.5, 0.6) is 0 Å². The molecule has 0 spiro atoms. The van der Waals surface area contributed by atoms with Gasteiger partial charge in [-0.05, 0) is 49.5 Å². The Bertz CT molecular complexity index is 967. The van der Waals surface area contributed by atoms with Crippen LogP contribution in [-0.4, -0.2) is 33.2 Å². The molecule has 0 unspecified atom stereocenters. The molecule has 0 N–H and O–H groups in total. The quantitative estimate of drug-likeness (QED) is 0.508. The molecule has 1 saturated heterocycles. The summed E-state index contributed by atoms with van der Waals surface area (Å²) in [4.78, 5) is 8.26. The maximum absolute atomic E-state index is 5.82. The zero-order valence-electron chi connectivity index (χ0n) is 14.2. The van der Waals surface area contributed by atoms with E-state index < -0.39 is 0 Å². The van der Waals surface area contributed by atoms with Crippen LogP contribution in [0.15, 0.2) is 46.2 Å². The summed E-state index contributed by atoms with van der Waals surface area (Å²) >= 11 is 3.46. The predicted octanol–water partition coefficient (Wildman–Crippen LogP) is 4.79. The van der Waals surface area contributed by atoms with Crippen molar-refractivity contribution in [3.63, 3.8) is 0 Å². The van der Waals surface area contributed by atoms with Crippen LogP contribution >= 0.6 is 22.7 Å². The molecule has 1 aliphatic rings. The van der Waals surface area contributed by atoms with Crippen LogP contribution in [0, 0.1) is 0 Å². The number of aromatic nitrogens is 3. The molecule has 0 aliphatic carbocycles. The first-order valence-corrected chi connectivity index (χ1v) is 10.5. The Labute approximate surface area is 159 Å². The van der Waals surface area contributed by atoms with Gasteiger partial charge in [-0.25, -0.2) is 4.98 Å². The zero-order chi connectivity index (χ0) is 17.3. The highest BCUT2D eigenvalue weighted by atomic mass is 32.1. The van der Waals surface area contributed by atoms with Gasteiger partial charge in [0, 0.05) is 5.92 Å². The Kier molecular flexibility index (Phi) is 4.28. The fourth-order valence-electron chi connectivity index (χ4n) is 3.41. The minimum absolute atomic E-state index is 0.563. The van der Waals surface area contributed by atoms with Crippen molar-refractivity contribution in [2.24, 2.45) is 0 Å². The van der Waals surface area contributed by atoms with Gasteiger partial charge in [0.05, 0.1) is 26.6 Å². The average molecular weight is 383 g/mol. The van der Waals surface area contributed by atoms with Gasteiger partial charge in [0.1, 0.15) is 0 Å². The summed E-state index contributed by atoms with van der Waals surface area (Å²) in [5, 5.41) is 11.7. The Hall–Kier alpha value is -2.09. The molecule has 1 fully saturated rings. The lowest BCUT2D eigenvalue weighted by Gasteiger charge is -2.29. The summed E-state index contributed by atoms with van der Waals surface area (Å²) < 4.78 is 7.11. The Morgan fingerprint density at radius 1 is 1.08 bits per heavy atom.